The van der Waals surface area contributed by atoms with Gasteiger partial charge in [-0.25, -0.2) is 8.42 Å². The summed E-state index contributed by atoms with van der Waals surface area (Å²) in [6.07, 6.45) is -9.84. The number of alkyl halides is 6. The lowest BCUT2D eigenvalue weighted by atomic mass is 10.1. The van der Waals surface area contributed by atoms with Crippen LogP contribution in [0.2, 0.25) is 5.02 Å². The van der Waals surface area contributed by atoms with Crippen LogP contribution in [0.1, 0.15) is 18.1 Å². The van der Waals surface area contributed by atoms with Gasteiger partial charge in [0.15, 0.2) is 0 Å². The Morgan fingerprint density at radius 1 is 1.00 bits per heavy atom. The molecule has 0 aliphatic carbocycles. The smallest absolute Gasteiger partial charge is 0.324 e. The van der Waals surface area contributed by atoms with Gasteiger partial charge < -0.3 is 5.32 Å². The van der Waals surface area contributed by atoms with E-state index in [9.17, 15) is 39.6 Å². The number of amides is 1. The van der Waals surface area contributed by atoms with Crippen LogP contribution in [0.4, 0.5) is 32.0 Å². The number of hydrogen-bond acceptors (Lipinski definition) is 3. The highest BCUT2D eigenvalue weighted by molar-refractivity contribution is 7.89. The molecule has 0 aromatic heterocycles. The van der Waals surface area contributed by atoms with Gasteiger partial charge in [-0.15, -0.1) is 0 Å². The molecule has 2 rings (SSSR count). The number of anilines is 1. The molecule has 0 unspecified atom stereocenters. The number of nitrogens with one attached hydrogen (secondary N) is 1. The number of likely N-dealkylation sites (N-methyl/N-ethyl adjacent to an activating group) is 1. The van der Waals surface area contributed by atoms with Gasteiger partial charge in [0.05, 0.1) is 28.3 Å². The summed E-state index contributed by atoms with van der Waals surface area (Å²) in [4.78, 5) is 11.1. The van der Waals surface area contributed by atoms with Gasteiger partial charge >= 0.3 is 12.4 Å². The van der Waals surface area contributed by atoms with Gasteiger partial charge in [0.2, 0.25) is 15.9 Å². The Balaban J connectivity index is 2.35. The fourth-order valence-corrected chi connectivity index (χ4v) is 4.41. The number of carbonyl (C=O) groups excluding carboxylic acids is 1. The maximum atomic E-state index is 13.3. The van der Waals surface area contributed by atoms with E-state index in [0.717, 1.165) is 18.2 Å². The minimum Gasteiger partial charge on any atom is -0.324 e. The molecule has 0 saturated heterocycles. The fourth-order valence-electron chi connectivity index (χ4n) is 2.64. The number of sulfonamides is 1. The monoisotopic (exact) mass is 488 g/mol. The number of hydrogen-bond donors (Lipinski definition) is 1. The third kappa shape index (κ3) is 5.89. The number of rotatable bonds is 6. The number of para-hydroxylation sites is 1. The van der Waals surface area contributed by atoms with Crippen LogP contribution in [0.3, 0.4) is 0 Å². The average molecular weight is 489 g/mol. The minimum atomic E-state index is -5.05. The van der Waals surface area contributed by atoms with Gasteiger partial charge in [0.1, 0.15) is 0 Å². The molecule has 0 fully saturated rings. The van der Waals surface area contributed by atoms with Gasteiger partial charge in [-0.05, 0) is 30.3 Å². The topological polar surface area (TPSA) is 66.5 Å². The number of carbonyl (C=O) groups is 1. The molecule has 2 aromatic rings. The normalized spacial score (nSPS) is 12.8. The highest BCUT2D eigenvalue weighted by Gasteiger charge is 2.39. The van der Waals surface area contributed by atoms with Gasteiger partial charge in [-0.2, -0.15) is 30.6 Å². The van der Waals surface area contributed by atoms with E-state index >= 15 is 0 Å². The molecule has 0 bridgehead atoms. The van der Waals surface area contributed by atoms with Crippen molar-refractivity contribution in [2.24, 2.45) is 0 Å². The second kappa shape index (κ2) is 9.05. The van der Waals surface area contributed by atoms with Crippen LogP contribution in [0.5, 0.6) is 0 Å². The summed E-state index contributed by atoms with van der Waals surface area (Å²) in [5, 5.41) is 1.60. The highest BCUT2D eigenvalue weighted by Crippen LogP contribution is 2.37. The van der Waals surface area contributed by atoms with Crippen molar-refractivity contribution in [2.75, 3.05) is 18.4 Å². The van der Waals surface area contributed by atoms with E-state index in [2.05, 4.69) is 0 Å². The van der Waals surface area contributed by atoms with Gasteiger partial charge in [0, 0.05) is 11.6 Å². The van der Waals surface area contributed by atoms with Crippen molar-refractivity contribution in [1.29, 1.82) is 0 Å². The van der Waals surface area contributed by atoms with Gasteiger partial charge in [-0.3, -0.25) is 4.79 Å². The van der Waals surface area contributed by atoms with Crippen molar-refractivity contribution < 1.29 is 39.6 Å². The van der Waals surface area contributed by atoms with Crippen molar-refractivity contribution in [3.05, 3.63) is 58.6 Å². The van der Waals surface area contributed by atoms with Crippen LogP contribution in [0.25, 0.3) is 0 Å². The van der Waals surface area contributed by atoms with E-state index in [1.165, 1.54) is 13.0 Å². The minimum absolute atomic E-state index is 0.351. The molecule has 31 heavy (non-hydrogen) atoms. The zero-order valence-electron chi connectivity index (χ0n) is 15.7. The summed E-state index contributed by atoms with van der Waals surface area (Å²) in [6, 6.07) is 6.03. The molecule has 13 heteroatoms. The Hall–Kier alpha value is -2.31. The molecule has 0 heterocycles. The van der Waals surface area contributed by atoms with Crippen LogP contribution in [0.15, 0.2) is 47.4 Å². The molecule has 2 aromatic carbocycles. The van der Waals surface area contributed by atoms with Crippen molar-refractivity contribution >= 4 is 33.2 Å². The number of halogens is 7. The molecule has 0 aliphatic rings. The average Bonchev–Trinajstić information content (AvgIpc) is 2.64. The molecule has 0 saturated carbocycles. The van der Waals surface area contributed by atoms with Crippen molar-refractivity contribution in [2.45, 2.75) is 24.2 Å². The van der Waals surface area contributed by atoms with Crippen LogP contribution < -0.4 is 5.32 Å². The first kappa shape index (κ1) is 25.0. The summed E-state index contributed by atoms with van der Waals surface area (Å²) < 4.78 is 105. The summed E-state index contributed by atoms with van der Waals surface area (Å²) >= 11 is 5.55. The number of benzene rings is 2. The van der Waals surface area contributed by atoms with Crippen molar-refractivity contribution in [3.8, 4) is 0 Å². The number of nitrogens with zero attached hydrogens (tertiary/aromatic N) is 1. The Morgan fingerprint density at radius 3 is 2.13 bits per heavy atom. The first-order valence-electron chi connectivity index (χ1n) is 8.51. The van der Waals surface area contributed by atoms with E-state index < -0.39 is 63.1 Å². The van der Waals surface area contributed by atoms with Crippen LogP contribution in [-0.4, -0.2) is 31.7 Å². The molecule has 170 valence electrons. The standard InChI is InChI=1S/C18H15ClF6N2O3S/c1-2-27(10-16(28)26-14-6-4-3-5-12(14)17(20,21)22)31(29,30)15-8-7-11(19)9-13(15)18(23,24)25/h3-9H,2,10H2,1H3,(H,26,28). The quantitative estimate of drug-likeness (QED) is 0.580. The second-order valence-electron chi connectivity index (χ2n) is 6.16. The Labute approximate surface area is 178 Å². The molecule has 0 radical (unpaired) electrons. The van der Waals surface area contributed by atoms with E-state index in [1.54, 1.807) is 0 Å². The first-order valence-corrected chi connectivity index (χ1v) is 10.3. The molecular formula is C18H15ClF6N2O3S. The lowest BCUT2D eigenvalue weighted by Gasteiger charge is -2.23. The maximum absolute atomic E-state index is 13.3. The fraction of sp³-hybridized carbons (Fsp3) is 0.278. The maximum Gasteiger partial charge on any atom is 0.418 e. The predicted molar refractivity (Wildman–Crippen MR) is 101 cm³/mol. The van der Waals surface area contributed by atoms with E-state index in [4.69, 9.17) is 11.6 Å². The van der Waals surface area contributed by atoms with Crippen molar-refractivity contribution in [3.63, 3.8) is 0 Å². The third-order valence-corrected chi connectivity index (χ3v) is 6.26. The predicted octanol–water partition coefficient (Wildman–Crippen LogP) is 5.03. The van der Waals surface area contributed by atoms with Gasteiger partial charge in [0.25, 0.3) is 0 Å². The molecular weight excluding hydrogens is 474 g/mol. The zero-order valence-corrected chi connectivity index (χ0v) is 17.3. The van der Waals surface area contributed by atoms with Crippen LogP contribution in [-0.2, 0) is 27.2 Å². The van der Waals surface area contributed by atoms with E-state index in [-0.39, 0.29) is 5.02 Å². The molecule has 0 aliphatic heterocycles. The first-order chi connectivity index (χ1) is 14.2. The Bertz CT molecular complexity index is 1070. The van der Waals surface area contributed by atoms with E-state index in [0.29, 0.717) is 22.5 Å². The summed E-state index contributed by atoms with van der Waals surface area (Å²) in [5.41, 5.74) is -3.30. The SMILES string of the molecule is CCN(CC(=O)Nc1ccccc1C(F)(F)F)S(=O)(=O)c1ccc(Cl)cc1C(F)(F)F. The molecule has 1 amide bonds. The lowest BCUT2D eigenvalue weighted by molar-refractivity contribution is -0.140. The summed E-state index contributed by atoms with van der Waals surface area (Å²) in [6.45, 7) is -0.167. The van der Waals surface area contributed by atoms with Crippen molar-refractivity contribution in [1.82, 2.24) is 4.31 Å². The van der Waals surface area contributed by atoms with Gasteiger partial charge in [-0.1, -0.05) is 30.7 Å². The molecule has 0 spiro atoms. The largest absolute Gasteiger partial charge is 0.418 e. The van der Waals surface area contributed by atoms with Crippen LogP contribution in [0, 0.1) is 0 Å². The molecule has 5 nitrogen and oxygen atoms in total. The highest BCUT2D eigenvalue weighted by atomic mass is 35.5. The van der Waals surface area contributed by atoms with Crippen LogP contribution >= 0.6 is 11.6 Å². The Kier molecular flexibility index (Phi) is 7.28. The molecule has 1 N–H and O–H groups in total. The summed E-state index contributed by atoms with van der Waals surface area (Å²) in [5.74, 6) is -1.16. The second-order valence-corrected chi connectivity index (χ2v) is 8.50. The third-order valence-electron chi connectivity index (χ3n) is 4.04. The zero-order chi connectivity index (χ0) is 23.6. The lowest BCUT2D eigenvalue weighted by Crippen LogP contribution is -2.38. The Morgan fingerprint density at radius 2 is 1.58 bits per heavy atom. The molecule has 0 atom stereocenters. The summed E-state index contributed by atoms with van der Waals surface area (Å²) in [7, 11) is -4.84. The van der Waals surface area contributed by atoms with E-state index in [1.807, 2.05) is 5.32 Å².